The van der Waals surface area contributed by atoms with Crippen molar-refractivity contribution in [3.63, 3.8) is 0 Å². The van der Waals surface area contributed by atoms with E-state index in [0.717, 1.165) is 19.3 Å². The van der Waals surface area contributed by atoms with Crippen LogP contribution >= 0.6 is 11.3 Å². The molecular formula is C15H23NS. The van der Waals surface area contributed by atoms with E-state index in [0.29, 0.717) is 0 Å². The molecule has 0 saturated heterocycles. The van der Waals surface area contributed by atoms with Crippen LogP contribution in [0.4, 0.5) is 0 Å². The van der Waals surface area contributed by atoms with Crippen LogP contribution in [0.15, 0.2) is 18.2 Å². The minimum Gasteiger partial charge on any atom is -0.241 e. The third-order valence-corrected chi connectivity index (χ3v) is 3.65. The van der Waals surface area contributed by atoms with Gasteiger partial charge in [0.05, 0.1) is 5.69 Å². The molecule has 1 aromatic heterocycles. The van der Waals surface area contributed by atoms with E-state index in [9.17, 15) is 0 Å². The van der Waals surface area contributed by atoms with Gasteiger partial charge in [-0.1, -0.05) is 45.4 Å². The molecule has 0 bridgehead atoms. The maximum Gasteiger partial charge on any atom is 0.123 e. The standard InChI is InChI=1S/C15H23NS/c1-5-8-11-13(9-6-2)15-16-14(10-7-3)12(4)17-15/h8-9,11H,5-7,10H2,1-4H3/b11-8-,13-9+. The van der Waals surface area contributed by atoms with Crippen molar-refractivity contribution < 1.29 is 0 Å². The number of aryl methyl sites for hydroxylation is 2. The van der Waals surface area contributed by atoms with Gasteiger partial charge in [0.25, 0.3) is 0 Å². The van der Waals surface area contributed by atoms with Gasteiger partial charge < -0.3 is 0 Å². The lowest BCUT2D eigenvalue weighted by atomic mass is 10.2. The molecule has 0 spiro atoms. The first-order valence-electron chi connectivity index (χ1n) is 6.56. The third kappa shape index (κ3) is 4.12. The lowest BCUT2D eigenvalue weighted by Crippen LogP contribution is -1.87. The Hall–Kier alpha value is -0.890. The van der Waals surface area contributed by atoms with Crippen LogP contribution in [0.5, 0.6) is 0 Å². The summed E-state index contributed by atoms with van der Waals surface area (Å²) in [5.74, 6) is 0. The molecule has 0 fully saturated rings. The fourth-order valence-corrected chi connectivity index (χ4v) is 2.69. The van der Waals surface area contributed by atoms with Gasteiger partial charge in [0.2, 0.25) is 0 Å². The molecule has 1 rings (SSSR count). The molecule has 0 atom stereocenters. The molecule has 0 N–H and O–H groups in total. The number of thiazole rings is 1. The fraction of sp³-hybridized carbons (Fsp3) is 0.533. The first-order chi connectivity index (χ1) is 8.22. The number of hydrogen-bond acceptors (Lipinski definition) is 2. The topological polar surface area (TPSA) is 12.9 Å². The Morgan fingerprint density at radius 3 is 2.59 bits per heavy atom. The van der Waals surface area contributed by atoms with Crippen LogP contribution in [0.3, 0.4) is 0 Å². The number of aromatic nitrogens is 1. The van der Waals surface area contributed by atoms with Crippen molar-refractivity contribution in [2.75, 3.05) is 0 Å². The summed E-state index contributed by atoms with van der Waals surface area (Å²) < 4.78 is 0. The lowest BCUT2D eigenvalue weighted by Gasteiger charge is -1.96. The second kappa shape index (κ2) is 7.44. The molecule has 0 aliphatic carbocycles. The normalized spacial score (nSPS) is 12.6. The van der Waals surface area contributed by atoms with Gasteiger partial charge in [-0.2, -0.15) is 0 Å². The maximum atomic E-state index is 4.77. The molecular weight excluding hydrogens is 226 g/mol. The van der Waals surface area contributed by atoms with Crippen LogP contribution in [-0.4, -0.2) is 4.98 Å². The Balaban J connectivity index is 2.98. The van der Waals surface area contributed by atoms with Gasteiger partial charge in [-0.05, 0) is 26.2 Å². The van der Waals surface area contributed by atoms with Gasteiger partial charge in [-0.25, -0.2) is 4.98 Å². The van der Waals surface area contributed by atoms with Crippen LogP contribution in [0.2, 0.25) is 0 Å². The van der Waals surface area contributed by atoms with Crippen molar-refractivity contribution >= 4 is 16.9 Å². The van der Waals surface area contributed by atoms with E-state index in [2.05, 4.69) is 45.9 Å². The molecule has 0 radical (unpaired) electrons. The largest absolute Gasteiger partial charge is 0.241 e. The molecule has 1 nitrogen and oxygen atoms in total. The average molecular weight is 249 g/mol. The summed E-state index contributed by atoms with van der Waals surface area (Å²) in [5.41, 5.74) is 2.56. The molecule has 1 heterocycles. The van der Waals surface area contributed by atoms with Gasteiger partial charge in [-0.15, -0.1) is 11.3 Å². The van der Waals surface area contributed by atoms with Crippen LogP contribution < -0.4 is 0 Å². The molecule has 0 aliphatic heterocycles. The fourth-order valence-electron chi connectivity index (χ4n) is 1.71. The van der Waals surface area contributed by atoms with Gasteiger partial charge >= 0.3 is 0 Å². The SMILES string of the molecule is CC/C=C\C(=C/CC)c1nc(CCC)c(C)s1. The predicted octanol–water partition coefficient (Wildman–Crippen LogP) is 5.16. The Kier molecular flexibility index (Phi) is 6.20. The smallest absolute Gasteiger partial charge is 0.123 e. The summed E-state index contributed by atoms with van der Waals surface area (Å²) >= 11 is 1.82. The zero-order chi connectivity index (χ0) is 12.7. The van der Waals surface area contributed by atoms with E-state index in [4.69, 9.17) is 4.98 Å². The zero-order valence-electron chi connectivity index (χ0n) is 11.4. The van der Waals surface area contributed by atoms with Crippen molar-refractivity contribution in [1.82, 2.24) is 4.98 Å². The highest BCUT2D eigenvalue weighted by Gasteiger charge is 2.08. The molecule has 1 aromatic rings. The van der Waals surface area contributed by atoms with Gasteiger partial charge in [-0.3, -0.25) is 0 Å². The first kappa shape index (κ1) is 14.2. The van der Waals surface area contributed by atoms with Crippen molar-refractivity contribution in [2.24, 2.45) is 0 Å². The molecule has 0 aromatic carbocycles. The van der Waals surface area contributed by atoms with E-state index in [-0.39, 0.29) is 0 Å². The van der Waals surface area contributed by atoms with Crippen LogP contribution in [0.1, 0.15) is 55.6 Å². The molecule has 0 amide bonds. The highest BCUT2D eigenvalue weighted by atomic mass is 32.1. The monoisotopic (exact) mass is 249 g/mol. The van der Waals surface area contributed by atoms with E-state index in [1.807, 2.05) is 11.3 Å². The third-order valence-electron chi connectivity index (χ3n) is 2.58. The highest BCUT2D eigenvalue weighted by molar-refractivity contribution is 7.12. The lowest BCUT2D eigenvalue weighted by molar-refractivity contribution is 0.883. The minimum absolute atomic E-state index is 1.06. The number of allylic oxidation sites excluding steroid dienone is 4. The summed E-state index contributed by atoms with van der Waals surface area (Å²) in [6, 6.07) is 0. The van der Waals surface area contributed by atoms with E-state index in [1.54, 1.807) is 0 Å². The minimum atomic E-state index is 1.06. The number of hydrogen-bond donors (Lipinski definition) is 0. The number of nitrogens with zero attached hydrogens (tertiary/aromatic N) is 1. The Morgan fingerprint density at radius 1 is 1.24 bits per heavy atom. The van der Waals surface area contributed by atoms with Crippen molar-refractivity contribution in [2.45, 2.75) is 53.4 Å². The quantitative estimate of drug-likeness (QED) is 0.634. The summed E-state index contributed by atoms with van der Waals surface area (Å²) in [6.07, 6.45) is 11.1. The van der Waals surface area contributed by atoms with E-state index < -0.39 is 0 Å². The second-order valence-corrected chi connectivity index (χ2v) is 5.35. The van der Waals surface area contributed by atoms with Gasteiger partial charge in [0.1, 0.15) is 5.01 Å². The summed E-state index contributed by atoms with van der Waals surface area (Å²) in [7, 11) is 0. The molecule has 0 saturated carbocycles. The summed E-state index contributed by atoms with van der Waals surface area (Å²) in [6.45, 7) is 8.72. The Labute approximate surface area is 109 Å². The average Bonchev–Trinajstić information content (AvgIpc) is 2.67. The number of rotatable bonds is 6. The predicted molar refractivity (Wildman–Crippen MR) is 78.5 cm³/mol. The second-order valence-electron chi connectivity index (χ2n) is 4.15. The van der Waals surface area contributed by atoms with Crippen LogP contribution in [-0.2, 0) is 6.42 Å². The van der Waals surface area contributed by atoms with Crippen LogP contribution in [0.25, 0.3) is 5.57 Å². The Bertz CT molecular complexity index is 399. The summed E-state index contributed by atoms with van der Waals surface area (Å²) in [4.78, 5) is 6.14. The van der Waals surface area contributed by atoms with E-state index in [1.165, 1.54) is 27.6 Å². The van der Waals surface area contributed by atoms with Crippen molar-refractivity contribution in [3.05, 3.63) is 33.8 Å². The van der Waals surface area contributed by atoms with Crippen molar-refractivity contribution in [3.8, 4) is 0 Å². The first-order valence-corrected chi connectivity index (χ1v) is 7.37. The van der Waals surface area contributed by atoms with Gasteiger partial charge in [0, 0.05) is 10.5 Å². The van der Waals surface area contributed by atoms with Crippen molar-refractivity contribution in [1.29, 1.82) is 0 Å². The maximum absolute atomic E-state index is 4.77. The van der Waals surface area contributed by atoms with Crippen LogP contribution in [0, 0.1) is 6.92 Å². The zero-order valence-corrected chi connectivity index (χ0v) is 12.2. The molecule has 0 unspecified atom stereocenters. The molecule has 94 valence electrons. The molecule has 2 heteroatoms. The molecule has 0 aliphatic rings. The van der Waals surface area contributed by atoms with E-state index >= 15 is 0 Å². The Morgan fingerprint density at radius 2 is 2.00 bits per heavy atom. The molecule has 17 heavy (non-hydrogen) atoms. The highest BCUT2D eigenvalue weighted by Crippen LogP contribution is 2.26. The van der Waals surface area contributed by atoms with Gasteiger partial charge in [0.15, 0.2) is 0 Å². The summed E-state index contributed by atoms with van der Waals surface area (Å²) in [5, 5.41) is 1.18.